The number of ether oxygens (including phenoxy) is 1. The largest absolute Gasteiger partial charge is 0.463 e. The van der Waals surface area contributed by atoms with Crippen LogP contribution in [-0.2, 0) is 19.6 Å². The zero-order chi connectivity index (χ0) is 28.9. The van der Waals surface area contributed by atoms with Crippen LogP contribution in [0, 0.1) is 13.8 Å². The molecule has 0 aliphatic carbocycles. The fourth-order valence-corrected chi connectivity index (χ4v) is 6.54. The Hall–Kier alpha value is -3.47. The second-order valence-electron chi connectivity index (χ2n) is 10.1. The molecule has 0 aromatic heterocycles. The van der Waals surface area contributed by atoms with Crippen LogP contribution in [0.3, 0.4) is 0 Å². The van der Waals surface area contributed by atoms with Crippen molar-refractivity contribution in [2.75, 3.05) is 45.9 Å². The Morgan fingerprint density at radius 3 is 2.30 bits per heavy atom. The highest BCUT2D eigenvalue weighted by Gasteiger charge is 2.39. The monoisotopic (exact) mass is 566 g/mol. The summed E-state index contributed by atoms with van der Waals surface area (Å²) >= 11 is 0. The van der Waals surface area contributed by atoms with Crippen LogP contribution >= 0.6 is 0 Å². The fourth-order valence-electron chi connectivity index (χ4n) is 5.07. The summed E-state index contributed by atoms with van der Waals surface area (Å²) in [5.74, 6) is -0.490. The molecule has 40 heavy (non-hydrogen) atoms. The van der Waals surface area contributed by atoms with E-state index in [1.807, 2.05) is 38.1 Å². The minimum Gasteiger partial charge on any atom is -0.463 e. The number of nitrogens with zero attached hydrogens (tertiary/aromatic N) is 3. The van der Waals surface area contributed by atoms with Crippen LogP contribution in [0.1, 0.15) is 36.1 Å². The van der Waals surface area contributed by atoms with Crippen molar-refractivity contribution in [3.05, 3.63) is 89.1 Å². The van der Waals surface area contributed by atoms with Gasteiger partial charge in [0.05, 0.1) is 23.1 Å². The molecule has 0 spiro atoms. The smallest absolute Gasteiger partial charge is 0.338 e. The number of carbonyl (C=O) groups is 2. The molecular formula is C30H38N4O5S. The van der Waals surface area contributed by atoms with Crippen molar-refractivity contribution in [1.29, 1.82) is 0 Å². The topological polar surface area (TPSA) is 99.3 Å². The molecule has 1 N–H and O–H groups in total. The van der Waals surface area contributed by atoms with Gasteiger partial charge in [0.2, 0.25) is 10.0 Å². The fraction of sp³-hybridized carbons (Fsp3) is 0.400. The van der Waals surface area contributed by atoms with Gasteiger partial charge in [-0.1, -0.05) is 53.6 Å². The first-order valence-corrected chi connectivity index (χ1v) is 15.0. The predicted octanol–water partition coefficient (Wildman–Crippen LogP) is 3.77. The maximum atomic E-state index is 13.4. The van der Waals surface area contributed by atoms with Gasteiger partial charge < -0.3 is 10.1 Å². The van der Waals surface area contributed by atoms with Crippen molar-refractivity contribution in [2.45, 2.75) is 38.1 Å². The number of nitrogens with one attached hydrogen (secondary N) is 1. The third-order valence-corrected chi connectivity index (χ3v) is 9.15. The number of amides is 2. The SMILES string of the molecule is C=CCN1C(=O)NC(c2ccc(C)cc2)C(C(=O)OCC)=C1CN1CCCN(S(=O)(=O)c2ccc(C)cc2)CC1. The van der Waals surface area contributed by atoms with Gasteiger partial charge in [0, 0.05) is 38.4 Å². The van der Waals surface area contributed by atoms with Gasteiger partial charge in [-0.25, -0.2) is 18.0 Å². The lowest BCUT2D eigenvalue weighted by molar-refractivity contribution is -0.139. The Morgan fingerprint density at radius 2 is 1.68 bits per heavy atom. The van der Waals surface area contributed by atoms with Crippen molar-refractivity contribution in [3.63, 3.8) is 0 Å². The summed E-state index contributed by atoms with van der Waals surface area (Å²) in [6.45, 7) is 11.9. The van der Waals surface area contributed by atoms with Crippen molar-refractivity contribution in [2.24, 2.45) is 0 Å². The molecule has 0 saturated carbocycles. The normalized spacial score (nSPS) is 19.2. The zero-order valence-electron chi connectivity index (χ0n) is 23.4. The lowest BCUT2D eigenvalue weighted by atomic mass is 9.93. The van der Waals surface area contributed by atoms with Crippen LogP contribution in [-0.4, -0.2) is 80.4 Å². The van der Waals surface area contributed by atoms with Crippen molar-refractivity contribution >= 4 is 22.0 Å². The van der Waals surface area contributed by atoms with Crippen LogP contribution in [0.4, 0.5) is 4.79 Å². The number of rotatable bonds is 9. The van der Waals surface area contributed by atoms with E-state index in [0.717, 1.165) is 16.7 Å². The van der Waals surface area contributed by atoms with E-state index in [4.69, 9.17) is 4.74 Å². The number of carbonyl (C=O) groups excluding carboxylic acids is 2. The van der Waals surface area contributed by atoms with Crippen molar-refractivity contribution in [3.8, 4) is 0 Å². The van der Waals surface area contributed by atoms with Crippen LogP contribution in [0.25, 0.3) is 0 Å². The van der Waals surface area contributed by atoms with Crippen LogP contribution in [0.5, 0.6) is 0 Å². The highest BCUT2D eigenvalue weighted by molar-refractivity contribution is 7.89. The number of aryl methyl sites for hydroxylation is 2. The molecule has 2 aliphatic heterocycles. The maximum absolute atomic E-state index is 13.4. The molecule has 0 radical (unpaired) electrons. The van der Waals surface area contributed by atoms with E-state index in [2.05, 4.69) is 16.8 Å². The summed E-state index contributed by atoms with van der Waals surface area (Å²) < 4.78 is 33.7. The van der Waals surface area contributed by atoms with E-state index >= 15 is 0 Å². The minimum absolute atomic E-state index is 0.196. The Bertz CT molecular complexity index is 1370. The Morgan fingerprint density at radius 1 is 1.02 bits per heavy atom. The number of esters is 1. The third-order valence-electron chi connectivity index (χ3n) is 7.24. The summed E-state index contributed by atoms with van der Waals surface area (Å²) in [6.07, 6.45) is 2.23. The van der Waals surface area contributed by atoms with Crippen LogP contribution < -0.4 is 5.32 Å². The molecule has 2 amide bonds. The lowest BCUT2D eigenvalue weighted by Crippen LogP contribution is -2.51. The molecule has 1 fully saturated rings. The van der Waals surface area contributed by atoms with E-state index in [1.54, 1.807) is 37.3 Å². The highest BCUT2D eigenvalue weighted by atomic mass is 32.2. The number of urea groups is 1. The second kappa shape index (κ2) is 12.8. The van der Waals surface area contributed by atoms with Gasteiger partial charge in [-0.2, -0.15) is 4.31 Å². The third kappa shape index (κ3) is 6.46. The Labute approximate surface area is 237 Å². The predicted molar refractivity (Wildman–Crippen MR) is 154 cm³/mol. The molecule has 9 nitrogen and oxygen atoms in total. The molecule has 2 aliphatic rings. The number of sulfonamides is 1. The molecule has 2 heterocycles. The molecule has 10 heteroatoms. The molecular weight excluding hydrogens is 528 g/mol. The average Bonchev–Trinajstić information content (AvgIpc) is 3.17. The molecule has 1 atom stereocenters. The molecule has 2 aromatic carbocycles. The highest BCUT2D eigenvalue weighted by Crippen LogP contribution is 2.32. The quantitative estimate of drug-likeness (QED) is 0.367. The first-order chi connectivity index (χ1) is 19.1. The molecule has 1 saturated heterocycles. The molecule has 1 unspecified atom stereocenters. The average molecular weight is 567 g/mol. The zero-order valence-corrected chi connectivity index (χ0v) is 24.2. The molecule has 4 rings (SSSR count). The van der Waals surface area contributed by atoms with Gasteiger partial charge in [0.25, 0.3) is 0 Å². The summed E-state index contributed by atoms with van der Waals surface area (Å²) in [5, 5.41) is 2.98. The van der Waals surface area contributed by atoms with E-state index in [9.17, 15) is 18.0 Å². The van der Waals surface area contributed by atoms with Crippen LogP contribution in [0.15, 0.2) is 77.4 Å². The maximum Gasteiger partial charge on any atom is 0.338 e. The molecule has 214 valence electrons. The summed E-state index contributed by atoms with van der Waals surface area (Å²) in [7, 11) is -3.63. The Balaban J connectivity index is 1.66. The summed E-state index contributed by atoms with van der Waals surface area (Å²) in [5.41, 5.74) is 3.76. The van der Waals surface area contributed by atoms with Gasteiger partial charge >= 0.3 is 12.0 Å². The van der Waals surface area contributed by atoms with Gasteiger partial charge in [0.1, 0.15) is 0 Å². The second-order valence-corrected chi connectivity index (χ2v) is 12.1. The minimum atomic E-state index is -3.63. The van der Waals surface area contributed by atoms with E-state index in [-0.39, 0.29) is 30.6 Å². The van der Waals surface area contributed by atoms with E-state index < -0.39 is 22.0 Å². The lowest BCUT2D eigenvalue weighted by Gasteiger charge is -2.38. The summed E-state index contributed by atoms with van der Waals surface area (Å²) in [4.78, 5) is 30.6. The van der Waals surface area contributed by atoms with Crippen LogP contribution in [0.2, 0.25) is 0 Å². The molecule has 0 bridgehead atoms. The van der Waals surface area contributed by atoms with E-state index in [1.165, 1.54) is 9.21 Å². The standard InChI is InChI=1S/C30H38N4O5S/c1-5-16-34-26(27(29(35)39-6-2)28(31-30(34)36)24-12-8-22(3)9-13-24)21-32-17-7-18-33(20-19-32)40(37,38)25-14-10-23(4)11-15-25/h5,8-15,28H,1,6-7,16-21H2,2-4H3,(H,31,36). The number of benzene rings is 2. The summed E-state index contributed by atoms with van der Waals surface area (Å²) in [6, 6.07) is 13.6. The number of hydrogen-bond acceptors (Lipinski definition) is 6. The first-order valence-electron chi connectivity index (χ1n) is 13.6. The van der Waals surface area contributed by atoms with Gasteiger partial charge in [-0.15, -0.1) is 6.58 Å². The van der Waals surface area contributed by atoms with Gasteiger partial charge in [-0.3, -0.25) is 9.80 Å². The Kier molecular flexibility index (Phi) is 9.44. The van der Waals surface area contributed by atoms with Crippen molar-refractivity contribution < 1.29 is 22.7 Å². The number of hydrogen-bond donors (Lipinski definition) is 1. The van der Waals surface area contributed by atoms with E-state index in [0.29, 0.717) is 43.9 Å². The van der Waals surface area contributed by atoms with Gasteiger partial charge in [-0.05, 0) is 51.4 Å². The van der Waals surface area contributed by atoms with Gasteiger partial charge in [0.15, 0.2) is 0 Å². The van der Waals surface area contributed by atoms with Crippen molar-refractivity contribution in [1.82, 2.24) is 19.4 Å². The first kappa shape index (κ1) is 29.5. The molecule has 2 aromatic rings.